The van der Waals surface area contributed by atoms with E-state index in [0.29, 0.717) is 0 Å². The average molecular weight is 845 g/mol. The normalized spacial score (nSPS) is 11.9. The van der Waals surface area contributed by atoms with Crippen molar-refractivity contribution in [2.45, 2.75) is 67.1 Å². The van der Waals surface area contributed by atoms with E-state index in [0.717, 1.165) is 0 Å². The number of halogens is 1. The molecule has 0 heterocycles. The first-order chi connectivity index (χ1) is 23.3. The third-order valence-corrected chi connectivity index (χ3v) is 13.7. The monoisotopic (exact) mass is 844 g/mol. The van der Waals surface area contributed by atoms with Gasteiger partial charge in [-0.25, -0.2) is 16.8 Å². The summed E-state index contributed by atoms with van der Waals surface area (Å²) in [7, 11) is -9.19. The van der Waals surface area contributed by atoms with Crippen LogP contribution >= 0.6 is 0 Å². The van der Waals surface area contributed by atoms with Gasteiger partial charge in [-0.05, 0) is 82.6 Å². The summed E-state index contributed by atoms with van der Waals surface area (Å²) in [5.74, 6) is -2.31. The Morgan fingerprint density at radius 3 is 0.940 bits per heavy atom. The van der Waals surface area contributed by atoms with Gasteiger partial charge in [0.05, 0.1) is 42.6 Å². The molecule has 266 valence electrons. The fourth-order valence-corrected chi connectivity index (χ4v) is 10.3. The highest BCUT2D eigenvalue weighted by Crippen LogP contribution is 2.30. The molecule has 0 radical (unpaired) electrons. The number of hydrogen-bond donors (Lipinski definition) is 0. The van der Waals surface area contributed by atoms with Gasteiger partial charge >= 0.3 is 21.2 Å². The summed E-state index contributed by atoms with van der Waals surface area (Å²) < 4.78 is 61.3. The Morgan fingerprint density at radius 1 is 0.460 bits per heavy atom. The van der Waals surface area contributed by atoms with E-state index < -0.39 is 31.7 Å². The van der Waals surface area contributed by atoms with Gasteiger partial charge < -0.3 is 9.11 Å². The molecular weight excluding hydrogens is 800 g/mol. The van der Waals surface area contributed by atoms with Crippen LogP contribution in [-0.4, -0.2) is 37.4 Å². The summed E-state index contributed by atoms with van der Waals surface area (Å²) in [5, 5.41) is 0. The topological polar surface area (TPSA) is 114 Å². The van der Waals surface area contributed by atoms with Crippen molar-refractivity contribution < 1.29 is 47.1 Å². The molecule has 0 saturated carbocycles. The van der Waals surface area contributed by atoms with E-state index in [4.69, 9.17) is 0 Å². The highest BCUT2D eigenvalue weighted by Gasteiger charge is 2.27. The average Bonchev–Trinajstić information content (AvgIpc) is 3.05. The van der Waals surface area contributed by atoms with E-state index in [2.05, 4.69) is 181 Å². The molecule has 0 atom stereocenters. The summed E-state index contributed by atoms with van der Waals surface area (Å²) in [5.41, 5.74) is 3.31. The summed E-state index contributed by atoms with van der Waals surface area (Å²) in [6.45, 7) is 13.6. The molecule has 0 spiro atoms. The molecule has 0 fully saturated rings. The Bertz CT molecular complexity index is 1770. The molecule has 0 bridgehead atoms. The predicted molar refractivity (Wildman–Crippen MR) is 198 cm³/mol. The van der Waals surface area contributed by atoms with Gasteiger partial charge in [-0.1, -0.05) is 120 Å². The van der Waals surface area contributed by atoms with Crippen molar-refractivity contribution in [2.75, 3.05) is 11.5 Å². The van der Waals surface area contributed by atoms with Crippen molar-refractivity contribution in [3.05, 3.63) is 158 Å². The van der Waals surface area contributed by atoms with Gasteiger partial charge in [-0.3, -0.25) is 0 Å². The molecule has 6 nitrogen and oxygen atoms in total. The second kappa shape index (κ2) is 18.5. The maximum absolute atomic E-state index is 9.72. The van der Waals surface area contributed by atoms with Crippen LogP contribution < -0.4 is 21.2 Å². The molecule has 0 aliphatic heterocycles. The molecule has 0 unspecified atom stereocenters. The van der Waals surface area contributed by atoms with Crippen molar-refractivity contribution >= 4 is 31.1 Å². The van der Waals surface area contributed by atoms with Gasteiger partial charge in [0.1, 0.15) is 0 Å². The van der Waals surface area contributed by atoms with Crippen molar-refractivity contribution in [2.24, 2.45) is 0 Å². The van der Waals surface area contributed by atoms with Gasteiger partial charge in [-0.15, -0.1) is 0 Å². The van der Waals surface area contributed by atoms with Gasteiger partial charge in [0.15, 0.2) is 21.8 Å². The summed E-state index contributed by atoms with van der Waals surface area (Å²) in [6, 6.07) is 50.6. The summed E-state index contributed by atoms with van der Waals surface area (Å²) in [6.07, 6.45) is 0. The minimum atomic E-state index is -4.59. The van der Waals surface area contributed by atoms with Gasteiger partial charge in [-0.2, -0.15) is 0 Å². The molecule has 5 rings (SSSR count). The quantitative estimate of drug-likeness (QED) is 0.120. The molecule has 0 aliphatic rings. The first-order valence-electron chi connectivity index (χ1n) is 15.9. The predicted octanol–water partition coefficient (Wildman–Crippen LogP) is 5.27. The van der Waals surface area contributed by atoms with Crippen LogP contribution in [0.1, 0.15) is 52.7 Å². The molecule has 0 N–H and O–H groups in total. The maximum atomic E-state index is 9.72. The molecular formula is C40H45IO6S3. The zero-order valence-corrected chi connectivity index (χ0v) is 33.9. The lowest BCUT2D eigenvalue weighted by molar-refractivity contribution is -0.597. The SMILES string of the molecule is CC(C)(C)c1ccc([I+]c2ccc(C(C)(C)C)cc2)cc1.O=S(=O)([O-])CCS(=O)(=O)[O-].c1ccc([S+](c2ccccc2)c2ccccc2)cc1. The molecule has 0 amide bonds. The van der Waals surface area contributed by atoms with Crippen LogP contribution in [0.5, 0.6) is 0 Å². The van der Waals surface area contributed by atoms with E-state index in [1.54, 1.807) is 0 Å². The lowest BCUT2D eigenvalue weighted by atomic mass is 9.87. The maximum Gasteiger partial charge on any atom is 0.357 e. The lowest BCUT2D eigenvalue weighted by Gasteiger charge is -2.18. The number of rotatable bonds is 8. The van der Waals surface area contributed by atoms with Crippen molar-refractivity contribution in [3.63, 3.8) is 0 Å². The molecule has 10 heteroatoms. The highest BCUT2D eigenvalue weighted by atomic mass is 127. The third-order valence-electron chi connectivity index (χ3n) is 7.16. The second-order valence-corrected chi connectivity index (χ2v) is 21.5. The summed E-state index contributed by atoms with van der Waals surface area (Å²) >= 11 is -0.0703. The first-order valence-corrected chi connectivity index (χ1v) is 22.5. The highest BCUT2D eigenvalue weighted by molar-refractivity contribution is 7.97. The molecule has 5 aromatic rings. The van der Waals surface area contributed by atoms with Crippen LogP contribution in [0.15, 0.2) is 154 Å². The number of benzene rings is 5. The van der Waals surface area contributed by atoms with E-state index in [9.17, 15) is 25.9 Å². The molecule has 0 aromatic heterocycles. The molecule has 5 aromatic carbocycles. The van der Waals surface area contributed by atoms with E-state index in [1.165, 1.54) is 33.0 Å². The Hall–Kier alpha value is -3.00. The van der Waals surface area contributed by atoms with E-state index >= 15 is 0 Å². The van der Waals surface area contributed by atoms with Crippen LogP contribution in [0.4, 0.5) is 0 Å². The molecule has 50 heavy (non-hydrogen) atoms. The second-order valence-electron chi connectivity index (χ2n) is 13.4. The largest absolute Gasteiger partial charge is 0.748 e. The van der Waals surface area contributed by atoms with Crippen molar-refractivity contribution in [3.8, 4) is 0 Å². The van der Waals surface area contributed by atoms with E-state index in [-0.39, 0.29) is 42.9 Å². The van der Waals surface area contributed by atoms with Crippen molar-refractivity contribution in [1.82, 2.24) is 0 Å². The Balaban J connectivity index is 0.000000216. The minimum Gasteiger partial charge on any atom is -0.748 e. The Labute approximate surface area is 312 Å². The summed E-state index contributed by atoms with van der Waals surface area (Å²) in [4.78, 5) is 4.08. The van der Waals surface area contributed by atoms with Gasteiger partial charge in [0, 0.05) is 0 Å². The molecule has 0 aliphatic carbocycles. The smallest absolute Gasteiger partial charge is 0.357 e. The minimum absolute atomic E-state index is 0.0146. The Kier molecular flexibility index (Phi) is 15.3. The van der Waals surface area contributed by atoms with Crippen LogP contribution in [0.2, 0.25) is 0 Å². The molecule has 0 saturated heterocycles. The van der Waals surface area contributed by atoms with Crippen LogP contribution in [0.3, 0.4) is 0 Å². The van der Waals surface area contributed by atoms with Crippen LogP contribution in [0, 0.1) is 7.14 Å². The number of hydrogen-bond acceptors (Lipinski definition) is 6. The van der Waals surface area contributed by atoms with Gasteiger partial charge in [0.2, 0.25) is 0 Å². The fourth-order valence-electron chi connectivity index (χ4n) is 4.43. The first kappa shape index (κ1) is 41.4. The van der Waals surface area contributed by atoms with E-state index in [1.807, 2.05) is 0 Å². The van der Waals surface area contributed by atoms with Crippen molar-refractivity contribution in [1.29, 1.82) is 0 Å². The standard InChI is InChI=1S/C20H26I.C18H15S.C2H6O6S2/c1-19(2,3)15-7-11-17(12-8-15)21-18-13-9-16(10-14-18)20(4,5)6;1-4-10-16(11-5-1)19(17-12-6-2-7-13-17)18-14-8-3-9-15-18;3-9(4,5)1-2-10(6,7)8/h7-14H,1-6H3;1-15H;1-2H2,(H,3,4,5)(H,6,7,8)/q2*+1;/p-2. The Morgan fingerprint density at radius 2 is 0.720 bits per heavy atom. The zero-order valence-electron chi connectivity index (χ0n) is 29.2. The lowest BCUT2D eigenvalue weighted by Crippen LogP contribution is -3.61. The third kappa shape index (κ3) is 15.1. The van der Waals surface area contributed by atoms with Crippen LogP contribution in [-0.2, 0) is 42.0 Å². The zero-order chi connectivity index (χ0) is 37.0. The fraction of sp³-hybridized carbons (Fsp3) is 0.250. The van der Waals surface area contributed by atoms with Gasteiger partial charge in [0.25, 0.3) is 0 Å². The van der Waals surface area contributed by atoms with Crippen LogP contribution in [0.25, 0.3) is 0 Å².